The van der Waals surface area contributed by atoms with E-state index in [9.17, 15) is 13.2 Å². The first-order chi connectivity index (χ1) is 9.65. The molecule has 1 aromatic rings. The van der Waals surface area contributed by atoms with E-state index < -0.39 is 9.05 Å². The van der Waals surface area contributed by atoms with Crippen LogP contribution in [0.4, 0.5) is 0 Å². The second kappa shape index (κ2) is 7.27. The highest BCUT2D eigenvalue weighted by atomic mass is 35.7. The van der Waals surface area contributed by atoms with E-state index in [1.807, 2.05) is 6.92 Å². The maximum Gasteiger partial charge on any atom is 0.261 e. The van der Waals surface area contributed by atoms with Gasteiger partial charge in [-0.3, -0.25) is 4.79 Å². The third kappa shape index (κ3) is 5.32. The van der Waals surface area contributed by atoms with Gasteiger partial charge in [-0.2, -0.15) is 0 Å². The molecule has 0 spiro atoms. The zero-order chi connectivity index (χ0) is 16.2. The first-order valence-corrected chi connectivity index (χ1v) is 9.32. The lowest BCUT2D eigenvalue weighted by Gasteiger charge is -2.18. The monoisotopic (exact) mass is 331 g/mol. The molecule has 21 heavy (non-hydrogen) atoms. The lowest BCUT2D eigenvalue weighted by Crippen LogP contribution is -2.34. The van der Waals surface area contributed by atoms with Crippen LogP contribution in [0.1, 0.15) is 49.5 Å². The van der Waals surface area contributed by atoms with E-state index in [4.69, 9.17) is 10.7 Å². The molecule has 2 unspecified atom stereocenters. The van der Waals surface area contributed by atoms with Crippen LogP contribution in [0.3, 0.4) is 0 Å². The topological polar surface area (TPSA) is 63.2 Å². The Balaban J connectivity index is 2.92. The lowest BCUT2D eigenvalue weighted by atomic mass is 10.00. The third-order valence-corrected chi connectivity index (χ3v) is 4.92. The summed E-state index contributed by atoms with van der Waals surface area (Å²) < 4.78 is 22.7. The fraction of sp³-hybridized carbons (Fsp3) is 0.533. The number of halogens is 1. The first kappa shape index (κ1) is 18.0. The van der Waals surface area contributed by atoms with Crippen molar-refractivity contribution in [2.75, 3.05) is 0 Å². The average molecular weight is 332 g/mol. The first-order valence-electron chi connectivity index (χ1n) is 7.01. The molecule has 0 saturated carbocycles. The molecule has 118 valence electrons. The molecule has 0 radical (unpaired) electrons. The zero-order valence-corrected chi connectivity index (χ0v) is 14.4. The highest BCUT2D eigenvalue weighted by Crippen LogP contribution is 2.19. The summed E-state index contributed by atoms with van der Waals surface area (Å²) in [6, 6.07) is 4.34. The molecule has 0 fully saturated rings. The molecular formula is C15H22ClNO3S. The van der Waals surface area contributed by atoms with Crippen LogP contribution in [0.15, 0.2) is 23.1 Å². The highest BCUT2D eigenvalue weighted by Gasteiger charge is 2.17. The van der Waals surface area contributed by atoms with E-state index in [0.717, 1.165) is 12.8 Å². The van der Waals surface area contributed by atoms with Crippen molar-refractivity contribution in [2.24, 2.45) is 5.92 Å². The van der Waals surface area contributed by atoms with Crippen LogP contribution in [0, 0.1) is 12.8 Å². The molecule has 1 aromatic carbocycles. The fourth-order valence-corrected chi connectivity index (χ4v) is 2.91. The number of benzene rings is 1. The lowest BCUT2D eigenvalue weighted by molar-refractivity contribution is 0.0934. The Kier molecular flexibility index (Phi) is 6.23. The van der Waals surface area contributed by atoms with Gasteiger partial charge in [0.1, 0.15) is 0 Å². The predicted octanol–water partition coefficient (Wildman–Crippen LogP) is 3.48. The van der Waals surface area contributed by atoms with Crippen molar-refractivity contribution in [1.29, 1.82) is 0 Å². The number of hydrogen-bond donors (Lipinski definition) is 1. The standard InChI is InChI=1S/C15H22ClNO3S/c1-5-10(2)8-12(4)17-15(18)14-9-13(21(16,19)20)7-6-11(14)3/h6-7,9-10,12H,5,8H2,1-4H3,(H,17,18). The van der Waals surface area contributed by atoms with Crippen LogP contribution in [0.2, 0.25) is 0 Å². The van der Waals surface area contributed by atoms with Crippen molar-refractivity contribution in [3.05, 3.63) is 29.3 Å². The molecule has 0 aliphatic carbocycles. The average Bonchev–Trinajstić information content (AvgIpc) is 2.37. The largest absolute Gasteiger partial charge is 0.350 e. The Labute approximate surface area is 131 Å². The molecule has 0 aliphatic heterocycles. The van der Waals surface area contributed by atoms with Crippen LogP contribution in [-0.4, -0.2) is 20.4 Å². The third-order valence-electron chi connectivity index (χ3n) is 3.57. The summed E-state index contributed by atoms with van der Waals surface area (Å²) in [6.07, 6.45) is 1.94. The molecule has 0 aliphatic rings. The van der Waals surface area contributed by atoms with E-state index in [2.05, 4.69) is 19.2 Å². The zero-order valence-electron chi connectivity index (χ0n) is 12.8. The molecule has 0 bridgehead atoms. The van der Waals surface area contributed by atoms with Gasteiger partial charge in [0.2, 0.25) is 0 Å². The summed E-state index contributed by atoms with van der Waals surface area (Å²) in [7, 11) is 1.49. The summed E-state index contributed by atoms with van der Waals surface area (Å²) in [5.41, 5.74) is 1.06. The summed E-state index contributed by atoms with van der Waals surface area (Å²) in [5, 5.41) is 2.90. The van der Waals surface area contributed by atoms with Crippen LogP contribution < -0.4 is 5.32 Å². The molecule has 0 saturated heterocycles. The van der Waals surface area contributed by atoms with Gasteiger partial charge in [-0.15, -0.1) is 0 Å². The Hall–Kier alpha value is -1.07. The van der Waals surface area contributed by atoms with Crippen LogP contribution in [0.5, 0.6) is 0 Å². The molecule has 2 atom stereocenters. The van der Waals surface area contributed by atoms with Crippen molar-refractivity contribution in [1.82, 2.24) is 5.32 Å². The molecule has 0 aromatic heterocycles. The van der Waals surface area contributed by atoms with E-state index in [0.29, 0.717) is 17.0 Å². The van der Waals surface area contributed by atoms with Gasteiger partial charge in [-0.05, 0) is 43.9 Å². The number of hydrogen-bond acceptors (Lipinski definition) is 3. The summed E-state index contributed by atoms with van der Waals surface area (Å²) in [6.45, 7) is 7.95. The number of nitrogens with one attached hydrogen (secondary N) is 1. The van der Waals surface area contributed by atoms with Gasteiger partial charge >= 0.3 is 0 Å². The molecule has 1 rings (SSSR count). The minimum Gasteiger partial charge on any atom is -0.350 e. The molecular weight excluding hydrogens is 310 g/mol. The quantitative estimate of drug-likeness (QED) is 0.812. The Morgan fingerprint density at radius 2 is 1.95 bits per heavy atom. The van der Waals surface area contributed by atoms with Gasteiger partial charge < -0.3 is 5.32 Å². The summed E-state index contributed by atoms with van der Waals surface area (Å²) in [4.78, 5) is 12.2. The van der Waals surface area contributed by atoms with Gasteiger partial charge in [0.05, 0.1) is 4.90 Å². The Bertz CT molecular complexity index is 613. The predicted molar refractivity (Wildman–Crippen MR) is 85.2 cm³/mol. The van der Waals surface area contributed by atoms with Gasteiger partial charge in [0.25, 0.3) is 15.0 Å². The van der Waals surface area contributed by atoms with Gasteiger partial charge in [0.15, 0.2) is 0 Å². The molecule has 1 N–H and O–H groups in total. The van der Waals surface area contributed by atoms with Crippen LogP contribution >= 0.6 is 10.7 Å². The van der Waals surface area contributed by atoms with Crippen molar-refractivity contribution >= 4 is 25.6 Å². The number of carbonyl (C=O) groups excluding carboxylic acids is 1. The normalized spacial score (nSPS) is 14.5. The number of rotatable bonds is 6. The van der Waals surface area contributed by atoms with E-state index in [-0.39, 0.29) is 16.8 Å². The van der Waals surface area contributed by atoms with Crippen LogP contribution in [-0.2, 0) is 9.05 Å². The van der Waals surface area contributed by atoms with Gasteiger partial charge in [0, 0.05) is 22.3 Å². The van der Waals surface area contributed by atoms with Gasteiger partial charge in [-0.25, -0.2) is 8.42 Å². The molecule has 4 nitrogen and oxygen atoms in total. The van der Waals surface area contributed by atoms with E-state index in [1.54, 1.807) is 13.0 Å². The second-order valence-electron chi connectivity index (χ2n) is 5.54. The SMILES string of the molecule is CCC(C)CC(C)NC(=O)c1cc(S(=O)(=O)Cl)ccc1C. The Morgan fingerprint density at radius 3 is 2.48 bits per heavy atom. The second-order valence-corrected chi connectivity index (χ2v) is 8.10. The van der Waals surface area contributed by atoms with E-state index in [1.165, 1.54) is 12.1 Å². The maximum absolute atomic E-state index is 12.3. The number of aryl methyl sites for hydroxylation is 1. The number of carbonyl (C=O) groups is 1. The molecule has 0 heterocycles. The van der Waals surface area contributed by atoms with Crippen LogP contribution in [0.25, 0.3) is 0 Å². The fourth-order valence-electron chi connectivity index (χ4n) is 2.13. The van der Waals surface area contributed by atoms with Crippen molar-refractivity contribution in [3.63, 3.8) is 0 Å². The minimum atomic E-state index is -3.83. The molecule has 1 amide bonds. The number of amides is 1. The smallest absolute Gasteiger partial charge is 0.261 e. The Morgan fingerprint density at radius 1 is 1.33 bits per heavy atom. The maximum atomic E-state index is 12.3. The minimum absolute atomic E-state index is 0.0307. The van der Waals surface area contributed by atoms with Crippen molar-refractivity contribution in [3.8, 4) is 0 Å². The van der Waals surface area contributed by atoms with Crippen molar-refractivity contribution in [2.45, 2.75) is 51.5 Å². The van der Waals surface area contributed by atoms with E-state index >= 15 is 0 Å². The van der Waals surface area contributed by atoms with Crippen molar-refractivity contribution < 1.29 is 13.2 Å². The van der Waals surface area contributed by atoms with Gasteiger partial charge in [-0.1, -0.05) is 26.3 Å². The summed E-state index contributed by atoms with van der Waals surface area (Å²) in [5.74, 6) is 0.251. The molecule has 6 heteroatoms. The summed E-state index contributed by atoms with van der Waals surface area (Å²) >= 11 is 0. The highest BCUT2D eigenvalue weighted by molar-refractivity contribution is 8.13.